The first kappa shape index (κ1) is 20.0. The number of likely N-dealkylation sites (tertiary alicyclic amines) is 1. The van der Waals surface area contributed by atoms with Crippen molar-refractivity contribution in [2.24, 2.45) is 5.73 Å². The van der Waals surface area contributed by atoms with E-state index < -0.39 is 0 Å². The Morgan fingerprint density at radius 3 is 2.38 bits per heavy atom. The minimum absolute atomic E-state index is 0.0996. The molecule has 1 aliphatic rings. The van der Waals surface area contributed by atoms with E-state index in [4.69, 9.17) is 5.73 Å². The normalized spacial score (nSPS) is 19.8. The van der Waals surface area contributed by atoms with Crippen LogP contribution >= 0.6 is 0 Å². The maximum Gasteiger partial charge on any atom is 0.267 e. The first-order valence-electron chi connectivity index (χ1n) is 9.02. The van der Waals surface area contributed by atoms with Crippen LogP contribution in [0.5, 0.6) is 0 Å². The van der Waals surface area contributed by atoms with Crippen LogP contribution in [-0.2, 0) is 4.79 Å². The summed E-state index contributed by atoms with van der Waals surface area (Å²) in [6.45, 7) is 12.3. The zero-order valence-electron chi connectivity index (χ0n) is 16.7. The zero-order valence-corrected chi connectivity index (χ0v) is 16.7. The number of rotatable bonds is 3. The molecular weight excluding hydrogens is 324 g/mol. The molecule has 2 rings (SSSR count). The first-order chi connectivity index (χ1) is 12.0. The lowest BCUT2D eigenvalue weighted by Crippen LogP contribution is -2.61. The molecule has 5 heteroatoms. The number of anilines is 1. The van der Waals surface area contributed by atoms with E-state index in [0.29, 0.717) is 0 Å². The number of hydrogen-bond donors (Lipinski definition) is 2. The number of nitrogens with zero attached hydrogens (tertiary/aromatic N) is 2. The van der Waals surface area contributed by atoms with Crippen molar-refractivity contribution in [2.75, 3.05) is 5.32 Å². The van der Waals surface area contributed by atoms with Crippen molar-refractivity contribution in [1.29, 1.82) is 5.26 Å². The van der Waals surface area contributed by atoms with Gasteiger partial charge in [-0.1, -0.05) is 12.1 Å². The molecule has 3 N–H and O–H groups in total. The fourth-order valence-corrected chi connectivity index (χ4v) is 4.06. The minimum atomic E-state index is -0.386. The van der Waals surface area contributed by atoms with Crippen LogP contribution in [0.4, 0.5) is 5.69 Å². The Labute approximate surface area is 156 Å². The van der Waals surface area contributed by atoms with Crippen molar-refractivity contribution >= 4 is 11.6 Å². The van der Waals surface area contributed by atoms with E-state index in [0.717, 1.165) is 29.7 Å². The Morgan fingerprint density at radius 1 is 1.27 bits per heavy atom. The number of nitriles is 1. The minimum Gasteiger partial charge on any atom is -0.366 e. The largest absolute Gasteiger partial charge is 0.366 e. The van der Waals surface area contributed by atoms with Crippen molar-refractivity contribution in [3.63, 3.8) is 0 Å². The molecule has 0 aromatic heterocycles. The van der Waals surface area contributed by atoms with Gasteiger partial charge in [0.1, 0.15) is 11.6 Å². The number of nitrogens with one attached hydrogen (secondary N) is 1. The number of amides is 1. The van der Waals surface area contributed by atoms with E-state index in [2.05, 4.69) is 44.0 Å². The number of carbonyl (C=O) groups excluding carboxylic acids is 1. The number of nitrogens with two attached hydrogens (primary N) is 1. The van der Waals surface area contributed by atoms with Gasteiger partial charge in [0.05, 0.1) is 0 Å². The topological polar surface area (TPSA) is 82.2 Å². The van der Waals surface area contributed by atoms with Gasteiger partial charge in [0.2, 0.25) is 0 Å². The fourth-order valence-electron chi connectivity index (χ4n) is 4.06. The second-order valence-corrected chi connectivity index (χ2v) is 8.52. The zero-order chi connectivity index (χ0) is 19.7. The van der Waals surface area contributed by atoms with E-state index in [1.165, 1.54) is 0 Å². The second-order valence-electron chi connectivity index (χ2n) is 8.52. The molecular formula is C21H30N4O. The molecule has 1 aliphatic heterocycles. The van der Waals surface area contributed by atoms with Crippen molar-refractivity contribution in [1.82, 2.24) is 4.90 Å². The van der Waals surface area contributed by atoms with Gasteiger partial charge in [-0.15, -0.1) is 0 Å². The van der Waals surface area contributed by atoms with Crippen molar-refractivity contribution in [3.05, 3.63) is 41.1 Å². The Morgan fingerprint density at radius 2 is 1.85 bits per heavy atom. The predicted molar refractivity (Wildman–Crippen MR) is 105 cm³/mol. The molecule has 0 bridgehead atoms. The smallest absolute Gasteiger partial charge is 0.267 e. The molecule has 0 spiro atoms. The van der Waals surface area contributed by atoms with Crippen LogP contribution < -0.4 is 11.1 Å². The summed E-state index contributed by atoms with van der Waals surface area (Å²) < 4.78 is 0. The molecule has 1 fully saturated rings. The number of hydrogen-bond acceptors (Lipinski definition) is 4. The first-order valence-corrected chi connectivity index (χ1v) is 9.02. The molecule has 1 amide bonds. The third-order valence-electron chi connectivity index (χ3n) is 5.30. The number of aryl methyl sites for hydroxylation is 1. The van der Waals surface area contributed by atoms with E-state index >= 15 is 0 Å². The molecule has 1 aromatic rings. The van der Waals surface area contributed by atoms with Gasteiger partial charge in [0.15, 0.2) is 0 Å². The number of carbonyl (C=O) groups is 1. The number of piperidine rings is 1. The molecule has 0 saturated carbocycles. The average molecular weight is 354 g/mol. The van der Waals surface area contributed by atoms with E-state index in [1.54, 1.807) is 6.20 Å². The van der Waals surface area contributed by atoms with Gasteiger partial charge < -0.3 is 16.0 Å². The predicted octanol–water partition coefficient (Wildman–Crippen LogP) is 3.63. The molecule has 0 unspecified atom stereocenters. The Bertz CT molecular complexity index is 753. The van der Waals surface area contributed by atoms with E-state index in [1.807, 2.05) is 32.0 Å². The molecule has 26 heavy (non-hydrogen) atoms. The Kier molecular flexibility index (Phi) is 5.48. The SMILES string of the molecule is Cc1cccc(NC(=O)/C(C#N)=C\N2C(C)(C)CC(N)CC2(C)C)c1C. The third-order valence-corrected chi connectivity index (χ3v) is 5.30. The molecule has 140 valence electrons. The van der Waals surface area contributed by atoms with Crippen LogP contribution in [0.3, 0.4) is 0 Å². The monoisotopic (exact) mass is 354 g/mol. The van der Waals surface area contributed by atoms with Crippen LogP contribution in [0.2, 0.25) is 0 Å². The summed E-state index contributed by atoms with van der Waals surface area (Å²) in [5.41, 5.74) is 8.67. The highest BCUT2D eigenvalue weighted by molar-refractivity contribution is 6.06. The second kappa shape index (κ2) is 7.13. The maximum atomic E-state index is 12.7. The standard InChI is InChI=1S/C21H30N4O/c1-14-8-7-9-18(15(14)2)24-19(26)16(12-22)13-25-20(3,4)10-17(23)11-21(25,5)6/h7-9,13,17H,10-11,23H2,1-6H3,(H,24,26)/b16-13-. The van der Waals surface area contributed by atoms with Crippen LogP contribution in [0.25, 0.3) is 0 Å². The summed E-state index contributed by atoms with van der Waals surface area (Å²) in [6.07, 6.45) is 3.32. The van der Waals surface area contributed by atoms with Gasteiger partial charge >= 0.3 is 0 Å². The van der Waals surface area contributed by atoms with Crippen molar-refractivity contribution in [2.45, 2.75) is 71.5 Å². The third kappa shape index (κ3) is 4.08. The maximum absolute atomic E-state index is 12.7. The van der Waals surface area contributed by atoms with Crippen molar-refractivity contribution < 1.29 is 4.79 Å². The molecule has 0 aliphatic carbocycles. The van der Waals surface area contributed by atoms with Crippen LogP contribution in [0, 0.1) is 25.2 Å². The van der Waals surface area contributed by atoms with Gasteiger partial charge in [0.25, 0.3) is 5.91 Å². The molecule has 1 saturated heterocycles. The molecule has 0 radical (unpaired) electrons. The summed E-state index contributed by atoms with van der Waals surface area (Å²) in [4.78, 5) is 14.8. The van der Waals surface area contributed by atoms with Crippen LogP contribution in [-0.4, -0.2) is 27.9 Å². The fraction of sp³-hybridized carbons (Fsp3) is 0.524. The summed E-state index contributed by atoms with van der Waals surface area (Å²) in [7, 11) is 0. The lowest BCUT2D eigenvalue weighted by atomic mass is 9.77. The van der Waals surface area contributed by atoms with Gasteiger partial charge in [-0.05, 0) is 71.6 Å². The molecule has 1 aromatic carbocycles. The van der Waals surface area contributed by atoms with Crippen LogP contribution in [0.15, 0.2) is 30.0 Å². The van der Waals surface area contributed by atoms with Gasteiger partial charge in [-0.2, -0.15) is 5.26 Å². The molecule has 0 atom stereocenters. The van der Waals surface area contributed by atoms with Crippen LogP contribution in [0.1, 0.15) is 51.7 Å². The highest BCUT2D eigenvalue weighted by atomic mass is 16.1. The van der Waals surface area contributed by atoms with Gasteiger partial charge in [-0.25, -0.2) is 0 Å². The summed E-state index contributed by atoms with van der Waals surface area (Å²) in [5.74, 6) is -0.386. The Balaban J connectivity index is 2.33. The lowest BCUT2D eigenvalue weighted by Gasteiger charge is -2.54. The molecule has 5 nitrogen and oxygen atoms in total. The van der Waals surface area contributed by atoms with Gasteiger partial charge in [-0.3, -0.25) is 4.79 Å². The summed E-state index contributed by atoms with van der Waals surface area (Å²) in [6, 6.07) is 7.92. The quantitative estimate of drug-likeness (QED) is 0.641. The lowest BCUT2D eigenvalue weighted by molar-refractivity contribution is -0.112. The average Bonchev–Trinajstić information content (AvgIpc) is 2.49. The highest BCUT2D eigenvalue weighted by Crippen LogP contribution is 2.38. The summed E-state index contributed by atoms with van der Waals surface area (Å²) in [5, 5.41) is 12.5. The van der Waals surface area contributed by atoms with Gasteiger partial charge in [0, 0.05) is 29.0 Å². The summed E-state index contributed by atoms with van der Waals surface area (Å²) >= 11 is 0. The Hall–Kier alpha value is -2.32. The number of benzene rings is 1. The van der Waals surface area contributed by atoms with Crippen molar-refractivity contribution in [3.8, 4) is 6.07 Å². The van der Waals surface area contributed by atoms with E-state index in [9.17, 15) is 10.1 Å². The molecule has 1 heterocycles. The van der Waals surface area contributed by atoms with E-state index in [-0.39, 0.29) is 28.6 Å². The highest BCUT2D eigenvalue weighted by Gasteiger charge is 2.43.